The highest BCUT2D eigenvalue weighted by molar-refractivity contribution is 7.20. The van der Waals surface area contributed by atoms with Crippen molar-refractivity contribution >= 4 is 39.2 Å². The number of likely N-dealkylation sites (tertiary alicyclic amines) is 1. The third kappa shape index (κ3) is 4.41. The maximum absolute atomic E-state index is 12.7. The van der Waals surface area contributed by atoms with Crippen molar-refractivity contribution in [1.82, 2.24) is 20.0 Å². The number of ether oxygens (including phenoxy) is 1. The second kappa shape index (κ2) is 9.39. The molecule has 3 N–H and O–H groups in total. The Morgan fingerprint density at radius 3 is 2.97 bits per heavy atom. The molecule has 2 aromatic rings. The number of carbonyl (C=O) groups is 1. The molecule has 0 saturated carbocycles. The lowest BCUT2D eigenvalue weighted by molar-refractivity contribution is -0.125. The van der Waals surface area contributed by atoms with Crippen LogP contribution in [0.25, 0.3) is 15.7 Å². The molecule has 1 aromatic carbocycles. The first kappa shape index (κ1) is 23.4. The highest BCUT2D eigenvalue weighted by Gasteiger charge is 2.40. The Morgan fingerprint density at radius 1 is 1.37 bits per heavy atom. The lowest BCUT2D eigenvalue weighted by Gasteiger charge is -2.31. The van der Waals surface area contributed by atoms with Gasteiger partial charge in [0.05, 0.1) is 24.2 Å². The fourth-order valence-electron chi connectivity index (χ4n) is 4.97. The van der Waals surface area contributed by atoms with E-state index in [4.69, 9.17) is 15.5 Å². The van der Waals surface area contributed by atoms with Gasteiger partial charge in [-0.15, -0.1) is 11.3 Å². The third-order valence-electron chi connectivity index (χ3n) is 6.67. The Morgan fingerprint density at radius 2 is 2.20 bits per heavy atom. The molecule has 184 valence electrons. The number of likely N-dealkylation sites (N-methyl/N-ethyl adjacent to an activating group) is 1. The molecule has 2 unspecified atom stereocenters. The fraction of sp³-hybridized carbons (Fsp3) is 0.385. The molecule has 2 atom stereocenters. The molecule has 35 heavy (non-hydrogen) atoms. The van der Waals surface area contributed by atoms with E-state index in [-0.39, 0.29) is 18.1 Å². The monoisotopic (exact) mass is 492 g/mol. The van der Waals surface area contributed by atoms with Crippen molar-refractivity contribution in [1.29, 1.82) is 0 Å². The van der Waals surface area contributed by atoms with Gasteiger partial charge in [-0.1, -0.05) is 12.1 Å². The zero-order valence-electron chi connectivity index (χ0n) is 20.6. The number of aliphatic imine (C=N–C) groups is 1. The van der Waals surface area contributed by atoms with Crippen LogP contribution in [0.4, 0.5) is 0 Å². The first-order valence-electron chi connectivity index (χ1n) is 11.8. The minimum absolute atomic E-state index is 0.0637. The molecule has 0 bridgehead atoms. The maximum Gasteiger partial charge on any atom is 0.246 e. The second-order valence-corrected chi connectivity index (χ2v) is 10.6. The Labute approximate surface area is 210 Å². The molecule has 8 nitrogen and oxygen atoms in total. The molecule has 3 aliphatic heterocycles. The number of rotatable bonds is 6. The molecule has 9 heteroatoms. The molecular formula is C26H32N6O2S. The van der Waals surface area contributed by atoms with Crippen LogP contribution in [-0.4, -0.2) is 80.0 Å². The average Bonchev–Trinajstić information content (AvgIpc) is 3.54. The Balaban J connectivity index is 1.44. The first-order valence-corrected chi connectivity index (χ1v) is 12.6. The van der Waals surface area contributed by atoms with Gasteiger partial charge in [0.25, 0.3) is 0 Å². The smallest absolute Gasteiger partial charge is 0.246 e. The van der Waals surface area contributed by atoms with E-state index in [1.807, 2.05) is 30.0 Å². The molecule has 1 aromatic heterocycles. The summed E-state index contributed by atoms with van der Waals surface area (Å²) in [6, 6.07) is 6.63. The van der Waals surface area contributed by atoms with Gasteiger partial charge in [-0.25, -0.2) is 4.99 Å². The molecule has 1 amide bonds. The SMILES string of the molecule is COc1cc(C)cc2cc(C3=CN(C4CCN(C(=O)/C=C/CN(C)C)C4)C4N=CNC(N)=C34)sc12. The zero-order valence-corrected chi connectivity index (χ0v) is 21.4. The van der Waals surface area contributed by atoms with Crippen molar-refractivity contribution in [2.45, 2.75) is 25.6 Å². The number of nitrogens with one attached hydrogen (secondary N) is 1. The van der Waals surface area contributed by atoms with Gasteiger partial charge >= 0.3 is 0 Å². The van der Waals surface area contributed by atoms with Crippen LogP contribution in [0.5, 0.6) is 5.75 Å². The van der Waals surface area contributed by atoms with Gasteiger partial charge in [0.2, 0.25) is 5.91 Å². The van der Waals surface area contributed by atoms with Crippen molar-refractivity contribution in [3.63, 3.8) is 0 Å². The number of nitrogens with zero attached hydrogens (tertiary/aromatic N) is 4. The van der Waals surface area contributed by atoms with E-state index in [1.54, 1.807) is 30.9 Å². The van der Waals surface area contributed by atoms with Gasteiger partial charge in [0.15, 0.2) is 6.17 Å². The first-order chi connectivity index (χ1) is 16.9. The number of benzene rings is 1. The number of hydrogen-bond acceptors (Lipinski definition) is 8. The zero-order chi connectivity index (χ0) is 24.7. The predicted molar refractivity (Wildman–Crippen MR) is 142 cm³/mol. The predicted octanol–water partition coefficient (Wildman–Crippen LogP) is 2.72. The van der Waals surface area contributed by atoms with Crippen molar-refractivity contribution in [2.24, 2.45) is 10.7 Å². The second-order valence-electron chi connectivity index (χ2n) is 9.50. The van der Waals surface area contributed by atoms with Crippen LogP contribution in [-0.2, 0) is 4.79 Å². The van der Waals surface area contributed by atoms with Gasteiger partial charge in [-0.2, -0.15) is 0 Å². The summed E-state index contributed by atoms with van der Waals surface area (Å²) in [5.74, 6) is 1.57. The average molecular weight is 493 g/mol. The van der Waals surface area contributed by atoms with Crippen LogP contribution in [0.2, 0.25) is 0 Å². The number of fused-ring (bicyclic) bond motifs is 2. The summed E-state index contributed by atoms with van der Waals surface area (Å²) in [5.41, 5.74) is 9.68. The Bertz CT molecular complexity index is 1270. The van der Waals surface area contributed by atoms with Crippen LogP contribution >= 0.6 is 11.3 Å². The summed E-state index contributed by atoms with van der Waals surface area (Å²) in [4.78, 5) is 24.8. The largest absolute Gasteiger partial charge is 0.495 e. The number of nitrogens with two attached hydrogens (primary N) is 1. The molecule has 0 spiro atoms. The van der Waals surface area contributed by atoms with Gasteiger partial charge in [-0.3, -0.25) is 4.79 Å². The van der Waals surface area contributed by atoms with E-state index in [1.165, 1.54) is 0 Å². The van der Waals surface area contributed by atoms with Crippen LogP contribution in [0.1, 0.15) is 16.9 Å². The molecule has 4 heterocycles. The summed E-state index contributed by atoms with van der Waals surface area (Å²) >= 11 is 1.71. The summed E-state index contributed by atoms with van der Waals surface area (Å²) in [5, 5.41) is 4.25. The van der Waals surface area contributed by atoms with Crippen LogP contribution in [0.3, 0.4) is 0 Å². The Kier molecular flexibility index (Phi) is 6.29. The molecular weight excluding hydrogens is 460 g/mol. The van der Waals surface area contributed by atoms with Crippen molar-refractivity contribution < 1.29 is 9.53 Å². The number of thiophene rings is 1. The minimum atomic E-state index is -0.190. The standard InChI is InChI=1S/C26H32N6O2S/c1-16-10-17-12-21(35-24(17)20(11-16)34-4)19-14-32(26-23(19)25(27)28-15-29-26)18-7-9-31(13-18)22(33)6-5-8-30(2)3/h5-6,10-12,14-15,18,26H,7-9,13,27H2,1-4H3,(H,28,29)/b6-5+. The highest BCUT2D eigenvalue weighted by Crippen LogP contribution is 2.45. The molecule has 0 aliphatic carbocycles. The van der Waals surface area contributed by atoms with E-state index in [2.05, 4.69) is 41.5 Å². The molecule has 3 aliphatic rings. The molecule has 5 rings (SSSR count). The summed E-state index contributed by atoms with van der Waals surface area (Å²) in [6.45, 7) is 4.23. The lowest BCUT2D eigenvalue weighted by atomic mass is 10.0. The van der Waals surface area contributed by atoms with Crippen LogP contribution < -0.4 is 15.8 Å². The number of methoxy groups -OCH3 is 1. The molecule has 1 fully saturated rings. The van der Waals surface area contributed by atoms with Gasteiger partial charge < -0.3 is 30.5 Å². The summed E-state index contributed by atoms with van der Waals surface area (Å²) in [6.07, 6.45) is 8.16. The van der Waals surface area contributed by atoms with E-state index < -0.39 is 0 Å². The van der Waals surface area contributed by atoms with Gasteiger partial charge in [0.1, 0.15) is 11.6 Å². The number of amides is 1. The number of aryl methyl sites for hydroxylation is 1. The van der Waals surface area contributed by atoms with E-state index in [9.17, 15) is 4.79 Å². The quantitative estimate of drug-likeness (QED) is 0.603. The normalized spacial score (nSPS) is 21.9. The summed E-state index contributed by atoms with van der Waals surface area (Å²) < 4.78 is 6.77. The van der Waals surface area contributed by atoms with Gasteiger partial charge in [-0.05, 0) is 50.5 Å². The maximum atomic E-state index is 12.7. The van der Waals surface area contributed by atoms with E-state index >= 15 is 0 Å². The van der Waals surface area contributed by atoms with Crippen molar-refractivity contribution in [3.8, 4) is 5.75 Å². The number of carbonyl (C=O) groups excluding carboxylic acids is 1. The van der Waals surface area contributed by atoms with Crippen LogP contribution in [0.15, 0.2) is 52.9 Å². The van der Waals surface area contributed by atoms with E-state index in [0.29, 0.717) is 12.4 Å². The number of hydrogen-bond donors (Lipinski definition) is 2. The fourth-order valence-corrected chi connectivity index (χ4v) is 6.13. The molecule has 0 radical (unpaired) electrons. The lowest BCUT2D eigenvalue weighted by Crippen LogP contribution is -2.42. The highest BCUT2D eigenvalue weighted by atomic mass is 32.1. The van der Waals surface area contributed by atoms with E-state index in [0.717, 1.165) is 56.9 Å². The van der Waals surface area contributed by atoms with Crippen LogP contribution in [0, 0.1) is 6.92 Å². The minimum Gasteiger partial charge on any atom is -0.495 e. The van der Waals surface area contributed by atoms with Crippen molar-refractivity contribution in [3.05, 3.63) is 58.4 Å². The van der Waals surface area contributed by atoms with Crippen molar-refractivity contribution in [2.75, 3.05) is 40.8 Å². The van der Waals surface area contributed by atoms with Gasteiger partial charge in [0, 0.05) is 47.9 Å². The Hall–Kier alpha value is -3.30. The topological polar surface area (TPSA) is 86.4 Å². The summed E-state index contributed by atoms with van der Waals surface area (Å²) in [7, 11) is 5.69. The molecule has 1 saturated heterocycles. The third-order valence-corrected chi connectivity index (χ3v) is 7.87.